The summed E-state index contributed by atoms with van der Waals surface area (Å²) in [7, 11) is -1.79. The highest BCUT2D eigenvalue weighted by molar-refractivity contribution is 6.74. The van der Waals surface area contributed by atoms with Crippen molar-refractivity contribution in [3.63, 3.8) is 0 Å². The summed E-state index contributed by atoms with van der Waals surface area (Å²) in [5, 5.41) is 0.268. The second-order valence-corrected chi connectivity index (χ2v) is 20.2. The standard InChI is InChI=1S/C33H57ClO2Si/c1-32(2,3)37(5,6)36-30-18-17-29-31-24(14-12-10-8-7-9-11-13-21-34)22-25-23-26(35)15-16-27(25)28(31)19-20-33(29,30)4/h23-24,27-31H,7-22H2,1-6H3/t24-,27+,28-,29+,30?,31-,33+/m1/s1. The summed E-state index contributed by atoms with van der Waals surface area (Å²) in [6.07, 6.45) is 21.6. The molecule has 0 aromatic carbocycles. The Morgan fingerprint density at radius 3 is 2.35 bits per heavy atom. The highest BCUT2D eigenvalue weighted by Gasteiger charge is 2.59. The molecule has 0 aliphatic heterocycles. The number of carbonyl (C=O) groups excluding carboxylic acids is 1. The van der Waals surface area contributed by atoms with Gasteiger partial charge in [0.05, 0.1) is 6.10 Å². The van der Waals surface area contributed by atoms with Crippen molar-refractivity contribution >= 4 is 25.7 Å². The van der Waals surface area contributed by atoms with Crippen LogP contribution in [0, 0.1) is 35.0 Å². The fourth-order valence-corrected chi connectivity index (χ4v) is 10.4. The number of alkyl halides is 1. The number of halogens is 1. The van der Waals surface area contributed by atoms with Gasteiger partial charge in [0.15, 0.2) is 14.1 Å². The number of ketones is 1. The third-order valence-electron chi connectivity index (χ3n) is 11.8. The number of hydrogen-bond donors (Lipinski definition) is 0. The van der Waals surface area contributed by atoms with Crippen LogP contribution in [0.15, 0.2) is 11.6 Å². The van der Waals surface area contributed by atoms with Gasteiger partial charge in [-0.2, -0.15) is 0 Å². The van der Waals surface area contributed by atoms with E-state index in [9.17, 15) is 4.79 Å². The van der Waals surface area contributed by atoms with Gasteiger partial charge < -0.3 is 4.43 Å². The molecule has 0 aromatic rings. The van der Waals surface area contributed by atoms with E-state index >= 15 is 0 Å². The molecule has 2 nitrogen and oxygen atoms in total. The molecule has 4 rings (SSSR count). The topological polar surface area (TPSA) is 26.3 Å². The summed E-state index contributed by atoms with van der Waals surface area (Å²) in [6, 6.07) is 0. The quantitative estimate of drug-likeness (QED) is 0.146. The molecule has 1 unspecified atom stereocenters. The van der Waals surface area contributed by atoms with Crippen LogP contribution in [-0.4, -0.2) is 26.1 Å². The maximum absolute atomic E-state index is 12.4. The van der Waals surface area contributed by atoms with Crippen molar-refractivity contribution in [1.29, 1.82) is 0 Å². The van der Waals surface area contributed by atoms with E-state index < -0.39 is 8.32 Å². The Morgan fingerprint density at radius 2 is 1.68 bits per heavy atom. The van der Waals surface area contributed by atoms with Gasteiger partial charge in [-0.05, 0) is 111 Å². The van der Waals surface area contributed by atoms with Crippen LogP contribution in [0.3, 0.4) is 0 Å². The van der Waals surface area contributed by atoms with Crippen molar-refractivity contribution in [2.24, 2.45) is 35.0 Å². The number of rotatable bonds is 11. The first kappa shape index (κ1) is 29.8. The second kappa shape index (κ2) is 12.2. The third-order valence-corrected chi connectivity index (χ3v) is 16.6. The van der Waals surface area contributed by atoms with Gasteiger partial charge in [-0.15, -0.1) is 11.6 Å². The third kappa shape index (κ3) is 6.45. The van der Waals surface area contributed by atoms with E-state index in [2.05, 4.69) is 46.9 Å². The van der Waals surface area contributed by atoms with Crippen molar-refractivity contribution in [3.05, 3.63) is 11.6 Å². The highest BCUT2D eigenvalue weighted by atomic mass is 35.5. The number of unbranched alkanes of at least 4 members (excludes halogenated alkanes) is 6. The summed E-state index contributed by atoms with van der Waals surface area (Å²) in [4.78, 5) is 12.4. The summed E-state index contributed by atoms with van der Waals surface area (Å²) in [6.45, 7) is 14.7. The van der Waals surface area contributed by atoms with Crippen LogP contribution in [-0.2, 0) is 9.22 Å². The minimum absolute atomic E-state index is 0.268. The smallest absolute Gasteiger partial charge is 0.192 e. The number of hydrogen-bond acceptors (Lipinski definition) is 2. The van der Waals surface area contributed by atoms with Gasteiger partial charge in [-0.3, -0.25) is 4.79 Å². The average molecular weight is 549 g/mol. The van der Waals surface area contributed by atoms with E-state index in [1.807, 2.05) is 0 Å². The van der Waals surface area contributed by atoms with Gasteiger partial charge in [0.1, 0.15) is 0 Å². The monoisotopic (exact) mass is 548 g/mol. The molecule has 0 radical (unpaired) electrons. The maximum Gasteiger partial charge on any atom is 0.192 e. The van der Waals surface area contributed by atoms with Crippen LogP contribution in [0.2, 0.25) is 18.1 Å². The summed E-state index contributed by atoms with van der Waals surface area (Å²) in [5.41, 5.74) is 1.88. The highest BCUT2D eigenvalue weighted by Crippen LogP contribution is 2.64. The summed E-state index contributed by atoms with van der Waals surface area (Å²) in [5.74, 6) is 5.11. The van der Waals surface area contributed by atoms with E-state index in [1.165, 1.54) is 83.5 Å². The largest absolute Gasteiger partial charge is 0.413 e. The normalized spacial score (nSPS) is 36.1. The second-order valence-electron chi connectivity index (χ2n) is 15.1. The first-order chi connectivity index (χ1) is 17.5. The molecule has 0 spiro atoms. The van der Waals surface area contributed by atoms with E-state index in [-0.39, 0.29) is 5.04 Å². The molecule has 0 aromatic heterocycles. The van der Waals surface area contributed by atoms with E-state index in [4.69, 9.17) is 16.0 Å². The van der Waals surface area contributed by atoms with Crippen molar-refractivity contribution in [2.75, 3.05) is 5.88 Å². The van der Waals surface area contributed by atoms with Gasteiger partial charge >= 0.3 is 0 Å². The molecule has 37 heavy (non-hydrogen) atoms. The fourth-order valence-electron chi connectivity index (χ4n) is 8.74. The number of allylic oxidation sites excluding steroid dienone is 1. The van der Waals surface area contributed by atoms with Crippen LogP contribution in [0.4, 0.5) is 0 Å². The van der Waals surface area contributed by atoms with Crippen LogP contribution in [0.1, 0.15) is 124 Å². The van der Waals surface area contributed by atoms with Crippen LogP contribution >= 0.6 is 11.6 Å². The summed E-state index contributed by atoms with van der Waals surface area (Å²) < 4.78 is 7.20. The van der Waals surface area contributed by atoms with Crippen molar-refractivity contribution in [1.82, 2.24) is 0 Å². The Kier molecular flexibility index (Phi) is 9.82. The minimum atomic E-state index is -1.79. The van der Waals surface area contributed by atoms with Crippen LogP contribution in [0.25, 0.3) is 0 Å². The van der Waals surface area contributed by atoms with Gasteiger partial charge in [0.2, 0.25) is 0 Å². The maximum atomic E-state index is 12.4. The molecule has 0 N–H and O–H groups in total. The number of carbonyl (C=O) groups is 1. The lowest BCUT2D eigenvalue weighted by Crippen LogP contribution is -2.53. The molecule has 3 fully saturated rings. The zero-order valence-electron chi connectivity index (χ0n) is 25.0. The molecular formula is C33H57ClO2Si. The van der Waals surface area contributed by atoms with Gasteiger partial charge in [0, 0.05) is 12.3 Å². The predicted molar refractivity (Wildman–Crippen MR) is 161 cm³/mol. The SMILES string of the molecule is CC(C)(C)[Si](C)(C)OC1CC[C@H]2[C@@H]3[C@H](CCCCCCCCCCl)CC4=CC(=O)CC[C@@H]4[C@H]3CC[C@]12C. The molecule has 0 saturated heterocycles. The molecule has 7 atom stereocenters. The average Bonchev–Trinajstić information content (AvgIpc) is 3.15. The minimum Gasteiger partial charge on any atom is -0.413 e. The molecule has 4 aliphatic carbocycles. The van der Waals surface area contributed by atoms with Crippen molar-refractivity contribution < 1.29 is 9.22 Å². The molecule has 0 amide bonds. The summed E-state index contributed by atoms with van der Waals surface area (Å²) >= 11 is 5.84. The van der Waals surface area contributed by atoms with Crippen molar-refractivity contribution in [2.45, 2.75) is 148 Å². The van der Waals surface area contributed by atoms with E-state index in [0.29, 0.717) is 23.2 Å². The van der Waals surface area contributed by atoms with E-state index in [0.717, 1.165) is 42.4 Å². The van der Waals surface area contributed by atoms with Crippen LogP contribution in [0.5, 0.6) is 0 Å². The molecule has 212 valence electrons. The lowest BCUT2D eigenvalue weighted by molar-refractivity contribution is -0.116. The molecule has 0 heterocycles. The Hall–Kier alpha value is -0.123. The number of fused-ring (bicyclic) bond motifs is 5. The van der Waals surface area contributed by atoms with Gasteiger partial charge in [0.25, 0.3) is 0 Å². The van der Waals surface area contributed by atoms with Crippen LogP contribution < -0.4 is 0 Å². The molecular weight excluding hydrogens is 492 g/mol. The first-order valence-corrected chi connectivity index (χ1v) is 19.4. The molecule has 3 saturated carbocycles. The lowest BCUT2D eigenvalue weighted by Gasteiger charge is -2.57. The first-order valence-electron chi connectivity index (χ1n) is 15.9. The lowest BCUT2D eigenvalue weighted by atomic mass is 9.49. The Bertz CT molecular complexity index is 814. The Balaban J connectivity index is 1.47. The predicted octanol–water partition coefficient (Wildman–Crippen LogP) is 10.1. The molecule has 0 bridgehead atoms. The van der Waals surface area contributed by atoms with Crippen molar-refractivity contribution in [3.8, 4) is 0 Å². The zero-order valence-corrected chi connectivity index (χ0v) is 26.8. The molecule has 4 aliphatic rings. The Labute approximate surface area is 235 Å². The van der Waals surface area contributed by atoms with Gasteiger partial charge in [-0.25, -0.2) is 0 Å². The fraction of sp³-hybridized carbons (Fsp3) is 0.909. The Morgan fingerprint density at radius 1 is 1.00 bits per heavy atom. The van der Waals surface area contributed by atoms with Gasteiger partial charge in [-0.1, -0.05) is 71.8 Å². The zero-order chi connectivity index (χ0) is 26.8. The van der Waals surface area contributed by atoms with E-state index in [1.54, 1.807) is 5.57 Å². The molecule has 4 heteroatoms.